The molecule has 3 aromatic rings. The SMILES string of the molecule is Cc1cccc(CNc2cccc(-c3ccn[nH]3)c2)c1O. The molecule has 0 bridgehead atoms. The average molecular weight is 279 g/mol. The lowest BCUT2D eigenvalue weighted by molar-refractivity contribution is 0.465. The molecule has 0 saturated carbocycles. The van der Waals surface area contributed by atoms with Gasteiger partial charge in [-0.25, -0.2) is 0 Å². The highest BCUT2D eigenvalue weighted by Crippen LogP contribution is 2.24. The Morgan fingerprint density at radius 3 is 2.81 bits per heavy atom. The maximum atomic E-state index is 10.0. The molecule has 2 aromatic carbocycles. The van der Waals surface area contributed by atoms with E-state index in [2.05, 4.69) is 21.6 Å². The third-order valence-electron chi connectivity index (χ3n) is 3.48. The molecule has 0 aliphatic heterocycles. The summed E-state index contributed by atoms with van der Waals surface area (Å²) in [6.07, 6.45) is 1.74. The molecule has 21 heavy (non-hydrogen) atoms. The first kappa shape index (κ1) is 13.2. The van der Waals surface area contributed by atoms with Crippen LogP contribution in [-0.2, 0) is 6.54 Å². The number of aromatic hydroxyl groups is 1. The first-order chi connectivity index (χ1) is 10.2. The molecule has 0 fully saturated rings. The highest BCUT2D eigenvalue weighted by Gasteiger charge is 2.04. The number of rotatable bonds is 4. The van der Waals surface area contributed by atoms with Crippen LogP contribution in [0.1, 0.15) is 11.1 Å². The van der Waals surface area contributed by atoms with Gasteiger partial charge in [0.15, 0.2) is 0 Å². The summed E-state index contributed by atoms with van der Waals surface area (Å²) in [5, 5.41) is 20.3. The van der Waals surface area contributed by atoms with Crippen LogP contribution in [0.4, 0.5) is 5.69 Å². The number of aromatic nitrogens is 2. The van der Waals surface area contributed by atoms with Crippen molar-refractivity contribution in [2.75, 3.05) is 5.32 Å². The van der Waals surface area contributed by atoms with Crippen LogP contribution in [0, 0.1) is 6.92 Å². The van der Waals surface area contributed by atoms with Crippen molar-refractivity contribution in [2.24, 2.45) is 0 Å². The summed E-state index contributed by atoms with van der Waals surface area (Å²) in [4.78, 5) is 0. The van der Waals surface area contributed by atoms with E-state index in [1.807, 2.05) is 49.4 Å². The minimum Gasteiger partial charge on any atom is -0.507 e. The van der Waals surface area contributed by atoms with E-state index >= 15 is 0 Å². The lowest BCUT2D eigenvalue weighted by Gasteiger charge is -2.10. The molecule has 0 saturated heterocycles. The Hall–Kier alpha value is -2.75. The first-order valence-electron chi connectivity index (χ1n) is 6.85. The van der Waals surface area contributed by atoms with Gasteiger partial charge in [0.05, 0.1) is 5.69 Å². The summed E-state index contributed by atoms with van der Waals surface area (Å²) in [6, 6.07) is 15.8. The van der Waals surface area contributed by atoms with Gasteiger partial charge in [-0.3, -0.25) is 5.10 Å². The molecule has 3 N–H and O–H groups in total. The van der Waals surface area contributed by atoms with Crippen molar-refractivity contribution < 1.29 is 5.11 Å². The van der Waals surface area contributed by atoms with E-state index in [0.29, 0.717) is 12.3 Å². The Morgan fingerprint density at radius 1 is 1.14 bits per heavy atom. The summed E-state index contributed by atoms with van der Waals surface area (Å²) in [5.74, 6) is 0.356. The molecular weight excluding hydrogens is 262 g/mol. The largest absolute Gasteiger partial charge is 0.507 e. The highest BCUT2D eigenvalue weighted by atomic mass is 16.3. The average Bonchev–Trinajstić information content (AvgIpc) is 3.03. The second-order valence-electron chi connectivity index (χ2n) is 4.99. The van der Waals surface area contributed by atoms with E-state index in [1.54, 1.807) is 6.20 Å². The molecule has 3 rings (SSSR count). The predicted octanol–water partition coefficient (Wildman–Crippen LogP) is 3.70. The lowest BCUT2D eigenvalue weighted by atomic mass is 10.1. The molecule has 4 nitrogen and oxygen atoms in total. The van der Waals surface area contributed by atoms with Gasteiger partial charge in [-0.15, -0.1) is 0 Å². The fourth-order valence-corrected chi connectivity index (χ4v) is 2.27. The smallest absolute Gasteiger partial charge is 0.123 e. The molecule has 0 atom stereocenters. The van der Waals surface area contributed by atoms with Crippen LogP contribution in [0.3, 0.4) is 0 Å². The summed E-state index contributed by atoms with van der Waals surface area (Å²) in [7, 11) is 0. The fraction of sp³-hybridized carbons (Fsp3) is 0.118. The molecule has 0 aliphatic carbocycles. The molecule has 0 spiro atoms. The van der Waals surface area contributed by atoms with Crippen LogP contribution in [0.25, 0.3) is 11.3 Å². The standard InChI is InChI=1S/C17H17N3O/c1-12-4-2-6-14(17(12)21)11-18-15-7-3-5-13(10-15)16-8-9-19-20-16/h2-10,18,21H,11H2,1H3,(H,19,20). The maximum Gasteiger partial charge on any atom is 0.123 e. The molecule has 1 aromatic heterocycles. The van der Waals surface area contributed by atoms with Crippen molar-refractivity contribution in [3.63, 3.8) is 0 Å². The number of para-hydroxylation sites is 1. The number of phenolic OH excluding ortho intramolecular Hbond substituents is 1. The summed E-state index contributed by atoms with van der Waals surface area (Å²) in [6.45, 7) is 2.48. The monoisotopic (exact) mass is 279 g/mol. The zero-order valence-corrected chi connectivity index (χ0v) is 11.8. The van der Waals surface area contributed by atoms with Crippen LogP contribution < -0.4 is 5.32 Å². The number of benzene rings is 2. The zero-order chi connectivity index (χ0) is 14.7. The number of aromatic amines is 1. The van der Waals surface area contributed by atoms with Crippen molar-refractivity contribution in [3.8, 4) is 17.0 Å². The van der Waals surface area contributed by atoms with Crippen molar-refractivity contribution in [1.29, 1.82) is 0 Å². The topological polar surface area (TPSA) is 60.9 Å². The summed E-state index contributed by atoms with van der Waals surface area (Å²) in [5.41, 5.74) is 4.84. The lowest BCUT2D eigenvalue weighted by Crippen LogP contribution is -2.00. The predicted molar refractivity (Wildman–Crippen MR) is 84.2 cm³/mol. The normalized spacial score (nSPS) is 10.5. The Balaban J connectivity index is 1.77. The third kappa shape index (κ3) is 2.89. The summed E-state index contributed by atoms with van der Waals surface area (Å²) >= 11 is 0. The van der Waals surface area contributed by atoms with Crippen molar-refractivity contribution in [2.45, 2.75) is 13.5 Å². The molecule has 0 amide bonds. The quantitative estimate of drug-likeness (QED) is 0.682. The third-order valence-corrected chi connectivity index (χ3v) is 3.48. The number of anilines is 1. The van der Waals surface area contributed by atoms with E-state index < -0.39 is 0 Å². The van der Waals surface area contributed by atoms with Crippen LogP contribution in [-0.4, -0.2) is 15.3 Å². The maximum absolute atomic E-state index is 10.0. The van der Waals surface area contributed by atoms with Gasteiger partial charge >= 0.3 is 0 Å². The fourth-order valence-electron chi connectivity index (χ4n) is 2.27. The zero-order valence-electron chi connectivity index (χ0n) is 11.8. The van der Waals surface area contributed by atoms with Crippen molar-refractivity contribution >= 4 is 5.69 Å². The number of phenols is 1. The van der Waals surface area contributed by atoms with Crippen molar-refractivity contribution in [1.82, 2.24) is 10.2 Å². The molecule has 106 valence electrons. The Kier molecular flexibility index (Phi) is 3.60. The van der Waals surface area contributed by atoms with E-state index in [-0.39, 0.29) is 0 Å². The number of hydrogen-bond acceptors (Lipinski definition) is 3. The van der Waals surface area contributed by atoms with E-state index in [4.69, 9.17) is 0 Å². The summed E-state index contributed by atoms with van der Waals surface area (Å²) < 4.78 is 0. The van der Waals surface area contributed by atoms with Crippen LogP contribution >= 0.6 is 0 Å². The van der Waals surface area contributed by atoms with Crippen molar-refractivity contribution in [3.05, 3.63) is 65.9 Å². The molecular formula is C17H17N3O. The second kappa shape index (κ2) is 5.71. The number of nitrogens with zero attached hydrogens (tertiary/aromatic N) is 1. The van der Waals surface area contributed by atoms with Crippen LogP contribution in [0.15, 0.2) is 54.7 Å². The van der Waals surface area contributed by atoms with Crippen LogP contribution in [0.5, 0.6) is 5.75 Å². The van der Waals surface area contributed by atoms with Gasteiger partial charge in [-0.05, 0) is 30.7 Å². The van der Waals surface area contributed by atoms with E-state index in [9.17, 15) is 5.11 Å². The molecule has 0 radical (unpaired) electrons. The molecule has 0 aliphatic rings. The second-order valence-corrected chi connectivity index (χ2v) is 4.99. The minimum absolute atomic E-state index is 0.356. The van der Waals surface area contributed by atoms with Gasteiger partial charge in [0.25, 0.3) is 0 Å². The Morgan fingerprint density at radius 2 is 2.00 bits per heavy atom. The Labute approximate surface area is 123 Å². The van der Waals surface area contributed by atoms with Gasteiger partial charge in [0, 0.05) is 29.6 Å². The van der Waals surface area contributed by atoms with Gasteiger partial charge in [-0.1, -0.05) is 30.3 Å². The number of nitrogens with one attached hydrogen (secondary N) is 2. The first-order valence-corrected chi connectivity index (χ1v) is 6.85. The van der Waals surface area contributed by atoms with Gasteiger partial charge < -0.3 is 10.4 Å². The minimum atomic E-state index is 0.356. The molecule has 4 heteroatoms. The van der Waals surface area contributed by atoms with Crippen LogP contribution in [0.2, 0.25) is 0 Å². The van der Waals surface area contributed by atoms with E-state index in [0.717, 1.165) is 28.1 Å². The number of H-pyrrole nitrogens is 1. The number of aryl methyl sites for hydroxylation is 1. The van der Waals surface area contributed by atoms with Gasteiger partial charge in [0.2, 0.25) is 0 Å². The van der Waals surface area contributed by atoms with Gasteiger partial charge in [-0.2, -0.15) is 5.10 Å². The molecule has 1 heterocycles. The van der Waals surface area contributed by atoms with Gasteiger partial charge in [0.1, 0.15) is 5.75 Å². The highest BCUT2D eigenvalue weighted by molar-refractivity contribution is 5.64. The Bertz CT molecular complexity index is 736. The molecule has 0 unspecified atom stereocenters. The number of hydrogen-bond donors (Lipinski definition) is 3. The van der Waals surface area contributed by atoms with E-state index in [1.165, 1.54) is 0 Å².